The second kappa shape index (κ2) is 8.42. The van der Waals surface area contributed by atoms with Gasteiger partial charge in [0.15, 0.2) is 0 Å². The average Bonchev–Trinajstić information content (AvgIpc) is 3.19. The van der Waals surface area contributed by atoms with Gasteiger partial charge in [0.2, 0.25) is 0 Å². The summed E-state index contributed by atoms with van der Waals surface area (Å²) in [6.07, 6.45) is 0. The molecular weight excluding hydrogens is 419 g/mol. The zero-order chi connectivity index (χ0) is 21.3. The molecule has 0 radical (unpaired) electrons. The molecule has 0 atom stereocenters. The molecular formula is C24H20Cl2N2O2. The Hall–Kier alpha value is -2.95. The molecule has 1 aromatic heterocycles. The van der Waals surface area contributed by atoms with Crippen molar-refractivity contribution in [1.82, 2.24) is 9.97 Å². The first-order valence-electron chi connectivity index (χ1n) is 9.35. The van der Waals surface area contributed by atoms with E-state index in [0.717, 1.165) is 39.4 Å². The second-order valence-electron chi connectivity index (χ2n) is 6.80. The number of benzene rings is 3. The molecule has 30 heavy (non-hydrogen) atoms. The molecule has 0 unspecified atom stereocenters. The molecule has 0 fully saturated rings. The van der Waals surface area contributed by atoms with Crippen LogP contribution in [0.1, 0.15) is 5.56 Å². The van der Waals surface area contributed by atoms with Crippen molar-refractivity contribution in [3.8, 4) is 45.4 Å². The summed E-state index contributed by atoms with van der Waals surface area (Å²) in [7, 11) is 3.29. The number of aromatic amines is 1. The molecule has 0 bridgehead atoms. The largest absolute Gasteiger partial charge is 0.496 e. The molecule has 1 heterocycles. The summed E-state index contributed by atoms with van der Waals surface area (Å²) < 4.78 is 11.1. The highest BCUT2D eigenvalue weighted by molar-refractivity contribution is 6.31. The van der Waals surface area contributed by atoms with Crippen LogP contribution in [0.25, 0.3) is 33.9 Å². The van der Waals surface area contributed by atoms with E-state index < -0.39 is 0 Å². The van der Waals surface area contributed by atoms with Crippen molar-refractivity contribution >= 4 is 23.2 Å². The Balaban J connectivity index is 1.93. The minimum atomic E-state index is 0.676. The first-order valence-corrected chi connectivity index (χ1v) is 10.1. The van der Waals surface area contributed by atoms with E-state index in [4.69, 9.17) is 37.7 Å². The van der Waals surface area contributed by atoms with E-state index in [1.165, 1.54) is 0 Å². The van der Waals surface area contributed by atoms with E-state index in [-0.39, 0.29) is 0 Å². The van der Waals surface area contributed by atoms with Crippen LogP contribution in [0.4, 0.5) is 0 Å². The van der Waals surface area contributed by atoms with Crippen LogP contribution in [0.5, 0.6) is 11.5 Å². The van der Waals surface area contributed by atoms with E-state index in [1.54, 1.807) is 14.2 Å². The second-order valence-corrected chi connectivity index (χ2v) is 7.67. The van der Waals surface area contributed by atoms with Crippen LogP contribution in [0.2, 0.25) is 10.0 Å². The summed E-state index contributed by atoms with van der Waals surface area (Å²) in [5, 5.41) is 1.36. The zero-order valence-corrected chi connectivity index (χ0v) is 18.3. The van der Waals surface area contributed by atoms with E-state index in [9.17, 15) is 0 Å². The normalized spacial score (nSPS) is 10.8. The van der Waals surface area contributed by atoms with Gasteiger partial charge in [-0.3, -0.25) is 0 Å². The van der Waals surface area contributed by atoms with Crippen molar-refractivity contribution in [2.45, 2.75) is 6.92 Å². The van der Waals surface area contributed by atoms with Crippen LogP contribution in [-0.2, 0) is 0 Å². The third-order valence-electron chi connectivity index (χ3n) is 4.99. The van der Waals surface area contributed by atoms with Gasteiger partial charge in [-0.25, -0.2) is 4.98 Å². The molecule has 0 saturated carbocycles. The maximum atomic E-state index is 6.09. The summed E-state index contributed by atoms with van der Waals surface area (Å²) in [6.45, 7) is 1.96. The zero-order valence-electron chi connectivity index (χ0n) is 16.8. The Morgan fingerprint density at radius 2 is 1.37 bits per heavy atom. The van der Waals surface area contributed by atoms with Crippen molar-refractivity contribution in [2.75, 3.05) is 14.2 Å². The highest BCUT2D eigenvalue weighted by Gasteiger charge is 2.20. The molecule has 0 aliphatic rings. The van der Waals surface area contributed by atoms with Gasteiger partial charge < -0.3 is 14.5 Å². The summed E-state index contributed by atoms with van der Waals surface area (Å²) in [6, 6.07) is 19.1. The van der Waals surface area contributed by atoms with Gasteiger partial charge in [-0.15, -0.1) is 0 Å². The fourth-order valence-corrected chi connectivity index (χ4v) is 3.74. The quantitative estimate of drug-likeness (QED) is 0.363. The minimum Gasteiger partial charge on any atom is -0.496 e. The third kappa shape index (κ3) is 3.76. The molecule has 1 N–H and O–H groups in total. The van der Waals surface area contributed by atoms with Gasteiger partial charge in [0.25, 0.3) is 0 Å². The number of hydrogen-bond donors (Lipinski definition) is 1. The number of hydrogen-bond acceptors (Lipinski definition) is 3. The highest BCUT2D eigenvalue weighted by Crippen LogP contribution is 2.40. The third-order valence-corrected chi connectivity index (χ3v) is 5.49. The molecule has 4 rings (SSSR count). The van der Waals surface area contributed by atoms with Gasteiger partial charge in [0.1, 0.15) is 17.3 Å². The predicted octanol–water partition coefficient (Wildman–Crippen LogP) is 7.04. The number of nitrogens with one attached hydrogen (secondary N) is 1. The summed E-state index contributed by atoms with van der Waals surface area (Å²) >= 11 is 12.2. The number of rotatable bonds is 5. The number of H-pyrrole nitrogens is 1. The van der Waals surface area contributed by atoms with Crippen molar-refractivity contribution in [2.24, 2.45) is 0 Å². The Kier molecular flexibility index (Phi) is 5.71. The van der Waals surface area contributed by atoms with Gasteiger partial charge in [-0.05, 0) is 43.3 Å². The Labute approximate surface area is 185 Å². The molecule has 0 aliphatic carbocycles. The van der Waals surface area contributed by atoms with Crippen LogP contribution in [0.15, 0.2) is 60.7 Å². The Bertz CT molecular complexity index is 1120. The lowest BCUT2D eigenvalue weighted by Crippen LogP contribution is -1.96. The lowest BCUT2D eigenvalue weighted by Gasteiger charge is -2.13. The molecule has 4 aromatic rings. The number of ether oxygens (including phenoxy) is 2. The van der Waals surface area contributed by atoms with Gasteiger partial charge in [-0.1, -0.05) is 47.5 Å². The van der Waals surface area contributed by atoms with Crippen LogP contribution < -0.4 is 9.47 Å². The van der Waals surface area contributed by atoms with E-state index in [1.807, 2.05) is 67.6 Å². The van der Waals surface area contributed by atoms with Crippen LogP contribution in [-0.4, -0.2) is 24.2 Å². The van der Waals surface area contributed by atoms with Crippen LogP contribution in [0, 0.1) is 6.92 Å². The molecule has 6 heteroatoms. The smallest absolute Gasteiger partial charge is 0.142 e. The maximum Gasteiger partial charge on any atom is 0.142 e. The van der Waals surface area contributed by atoms with E-state index >= 15 is 0 Å². The SMILES string of the molecule is COc1ccc(-c2nc(-c3ccc(Cl)cc3)c(-c3ccc(Cl)cc3)[nH]2)c(OC)c1C. The lowest BCUT2D eigenvalue weighted by molar-refractivity contribution is 0.389. The van der Waals surface area contributed by atoms with Crippen LogP contribution >= 0.6 is 23.2 Å². The minimum absolute atomic E-state index is 0.676. The van der Waals surface area contributed by atoms with Crippen LogP contribution in [0.3, 0.4) is 0 Å². The van der Waals surface area contributed by atoms with Gasteiger partial charge in [0.05, 0.1) is 31.2 Å². The fourth-order valence-electron chi connectivity index (χ4n) is 3.49. The summed E-state index contributed by atoms with van der Waals surface area (Å²) in [5.41, 5.74) is 5.41. The maximum absolute atomic E-state index is 6.09. The monoisotopic (exact) mass is 438 g/mol. The van der Waals surface area contributed by atoms with Crippen molar-refractivity contribution < 1.29 is 9.47 Å². The standard InChI is InChI=1S/C24H20Cl2N2O2/c1-14-20(29-2)13-12-19(23(14)30-3)24-27-21(15-4-8-17(25)9-5-15)22(28-24)16-6-10-18(26)11-7-16/h4-13H,1-3H3,(H,27,28). The van der Waals surface area contributed by atoms with E-state index in [0.29, 0.717) is 21.6 Å². The highest BCUT2D eigenvalue weighted by atomic mass is 35.5. The number of aromatic nitrogens is 2. The molecule has 3 aromatic carbocycles. The Morgan fingerprint density at radius 3 is 1.93 bits per heavy atom. The first kappa shape index (κ1) is 20.3. The van der Waals surface area contributed by atoms with Gasteiger partial charge in [0, 0.05) is 26.7 Å². The molecule has 4 nitrogen and oxygen atoms in total. The summed E-state index contributed by atoms with van der Waals surface area (Å²) in [4.78, 5) is 8.41. The summed E-state index contributed by atoms with van der Waals surface area (Å²) in [5.74, 6) is 2.18. The molecule has 0 spiro atoms. The Morgan fingerprint density at radius 1 is 0.767 bits per heavy atom. The first-order chi connectivity index (χ1) is 14.5. The number of imidazole rings is 1. The van der Waals surface area contributed by atoms with Crippen molar-refractivity contribution in [3.05, 3.63) is 76.3 Å². The van der Waals surface area contributed by atoms with Gasteiger partial charge in [-0.2, -0.15) is 0 Å². The molecule has 0 aliphatic heterocycles. The average molecular weight is 439 g/mol. The fraction of sp³-hybridized carbons (Fsp3) is 0.125. The predicted molar refractivity (Wildman–Crippen MR) is 123 cm³/mol. The lowest BCUT2D eigenvalue weighted by atomic mass is 10.1. The molecule has 0 amide bonds. The molecule has 0 saturated heterocycles. The number of nitrogens with zero attached hydrogens (tertiary/aromatic N) is 1. The molecule has 152 valence electrons. The topological polar surface area (TPSA) is 47.1 Å². The number of halogens is 2. The van der Waals surface area contributed by atoms with Gasteiger partial charge >= 0.3 is 0 Å². The number of methoxy groups -OCH3 is 2. The van der Waals surface area contributed by atoms with E-state index in [2.05, 4.69) is 4.98 Å². The van der Waals surface area contributed by atoms with Crippen molar-refractivity contribution in [1.29, 1.82) is 0 Å². The van der Waals surface area contributed by atoms with Crippen molar-refractivity contribution in [3.63, 3.8) is 0 Å².